The summed E-state index contributed by atoms with van der Waals surface area (Å²) >= 11 is 1.24. The van der Waals surface area contributed by atoms with E-state index in [1.165, 1.54) is 11.8 Å². The molecule has 1 atom stereocenters. The van der Waals surface area contributed by atoms with E-state index < -0.39 is 6.04 Å². The van der Waals surface area contributed by atoms with Crippen LogP contribution in [0.25, 0.3) is 0 Å². The van der Waals surface area contributed by atoms with Crippen LogP contribution in [-0.4, -0.2) is 17.1 Å². The molecular weight excluding hydrogens is 354 g/mol. The van der Waals surface area contributed by atoms with E-state index in [1.807, 2.05) is 78.9 Å². The summed E-state index contributed by atoms with van der Waals surface area (Å²) in [5.41, 5.74) is 2.66. The Morgan fingerprint density at radius 2 is 1.26 bits per heavy atom. The molecule has 3 nitrogen and oxygen atoms in total. The summed E-state index contributed by atoms with van der Waals surface area (Å²) in [6.07, 6.45) is 0.472. The minimum absolute atomic E-state index is 0.0352. The van der Waals surface area contributed by atoms with E-state index in [-0.39, 0.29) is 11.0 Å². The normalized spacial score (nSPS) is 11.6. The van der Waals surface area contributed by atoms with Gasteiger partial charge in [0.25, 0.3) is 5.91 Å². The molecule has 0 saturated carbocycles. The van der Waals surface area contributed by atoms with Crippen LogP contribution in [0.4, 0.5) is 0 Å². The molecular formula is C23H21NO2S. The van der Waals surface area contributed by atoms with Gasteiger partial charge in [0.1, 0.15) is 6.04 Å². The molecule has 0 spiro atoms. The number of carbonyl (C=O) groups excluding carboxylic acids is 2. The number of thioether (sulfide) groups is 1. The second kappa shape index (κ2) is 9.74. The van der Waals surface area contributed by atoms with E-state index in [9.17, 15) is 9.59 Å². The Bertz CT molecular complexity index is 867. The summed E-state index contributed by atoms with van der Waals surface area (Å²) in [6.45, 7) is 0. The number of amides is 1. The number of carbonyl (C=O) groups is 2. The SMILES string of the molecule is O=C(N[C@@H](Cc1ccccc1)C(=O)SCc1ccccc1)c1ccccc1. The molecule has 4 heteroatoms. The van der Waals surface area contributed by atoms with Crippen molar-refractivity contribution in [1.29, 1.82) is 0 Å². The second-order valence-electron chi connectivity index (χ2n) is 6.18. The Kier molecular flexibility index (Phi) is 6.83. The van der Waals surface area contributed by atoms with Crippen LogP contribution in [0.5, 0.6) is 0 Å². The van der Waals surface area contributed by atoms with E-state index in [0.29, 0.717) is 17.7 Å². The minimum atomic E-state index is -0.575. The lowest BCUT2D eigenvalue weighted by Gasteiger charge is -2.17. The number of rotatable bonds is 7. The zero-order chi connectivity index (χ0) is 18.9. The lowest BCUT2D eigenvalue weighted by atomic mass is 10.1. The highest BCUT2D eigenvalue weighted by atomic mass is 32.2. The zero-order valence-electron chi connectivity index (χ0n) is 14.9. The first-order chi connectivity index (χ1) is 13.2. The first-order valence-corrected chi connectivity index (χ1v) is 9.81. The average molecular weight is 375 g/mol. The maximum absolute atomic E-state index is 12.8. The summed E-state index contributed by atoms with van der Waals surface area (Å²) in [5, 5.41) is 2.87. The van der Waals surface area contributed by atoms with Crippen molar-refractivity contribution in [2.45, 2.75) is 18.2 Å². The molecule has 0 aliphatic carbocycles. The van der Waals surface area contributed by atoms with Crippen LogP contribution in [0.15, 0.2) is 91.0 Å². The van der Waals surface area contributed by atoms with Gasteiger partial charge < -0.3 is 5.32 Å². The maximum atomic E-state index is 12.8. The predicted molar refractivity (Wildman–Crippen MR) is 111 cm³/mol. The number of nitrogens with one attached hydrogen (secondary N) is 1. The Hall–Kier alpha value is -2.85. The number of benzene rings is 3. The fourth-order valence-electron chi connectivity index (χ4n) is 2.70. The maximum Gasteiger partial charge on any atom is 0.251 e. The van der Waals surface area contributed by atoms with E-state index in [1.54, 1.807) is 12.1 Å². The number of hydrogen-bond acceptors (Lipinski definition) is 3. The smallest absolute Gasteiger partial charge is 0.251 e. The topological polar surface area (TPSA) is 46.2 Å². The Balaban J connectivity index is 1.70. The Labute approximate surface area is 163 Å². The van der Waals surface area contributed by atoms with Crippen molar-refractivity contribution in [2.24, 2.45) is 0 Å². The average Bonchev–Trinajstić information content (AvgIpc) is 2.73. The first-order valence-electron chi connectivity index (χ1n) is 8.83. The van der Waals surface area contributed by atoms with Gasteiger partial charge in [0.05, 0.1) is 0 Å². The van der Waals surface area contributed by atoms with Crippen LogP contribution in [0.3, 0.4) is 0 Å². The molecule has 3 aromatic carbocycles. The van der Waals surface area contributed by atoms with Crippen molar-refractivity contribution in [3.63, 3.8) is 0 Å². The summed E-state index contributed by atoms with van der Waals surface area (Å²) in [5.74, 6) is 0.358. The van der Waals surface area contributed by atoms with Crippen molar-refractivity contribution in [3.8, 4) is 0 Å². The molecule has 3 aromatic rings. The van der Waals surface area contributed by atoms with Gasteiger partial charge in [-0.1, -0.05) is 90.6 Å². The van der Waals surface area contributed by atoms with Gasteiger partial charge in [-0.2, -0.15) is 0 Å². The highest BCUT2D eigenvalue weighted by Gasteiger charge is 2.22. The third-order valence-corrected chi connectivity index (χ3v) is 5.18. The molecule has 0 aliphatic rings. The van der Waals surface area contributed by atoms with Crippen molar-refractivity contribution in [2.75, 3.05) is 0 Å². The summed E-state index contributed by atoms with van der Waals surface area (Å²) < 4.78 is 0. The Morgan fingerprint density at radius 3 is 1.85 bits per heavy atom. The van der Waals surface area contributed by atoms with Crippen LogP contribution in [0.2, 0.25) is 0 Å². The monoisotopic (exact) mass is 375 g/mol. The van der Waals surface area contributed by atoms with Crippen LogP contribution in [0.1, 0.15) is 21.5 Å². The molecule has 0 aliphatic heterocycles. The molecule has 3 rings (SSSR count). The molecule has 0 aromatic heterocycles. The summed E-state index contributed by atoms with van der Waals surface area (Å²) in [7, 11) is 0. The van der Waals surface area contributed by atoms with Gasteiger partial charge >= 0.3 is 0 Å². The van der Waals surface area contributed by atoms with Crippen molar-refractivity contribution < 1.29 is 9.59 Å². The molecule has 0 fully saturated rings. The molecule has 0 saturated heterocycles. The molecule has 27 heavy (non-hydrogen) atoms. The number of hydrogen-bond donors (Lipinski definition) is 1. The fourth-order valence-corrected chi connectivity index (χ4v) is 3.55. The highest BCUT2D eigenvalue weighted by Crippen LogP contribution is 2.17. The van der Waals surface area contributed by atoms with Gasteiger partial charge in [-0.3, -0.25) is 9.59 Å². The van der Waals surface area contributed by atoms with Gasteiger partial charge in [-0.25, -0.2) is 0 Å². The fraction of sp³-hybridized carbons (Fsp3) is 0.130. The van der Waals surface area contributed by atoms with Gasteiger partial charge in [0.2, 0.25) is 5.12 Å². The lowest BCUT2D eigenvalue weighted by molar-refractivity contribution is -0.112. The van der Waals surface area contributed by atoms with Crippen molar-refractivity contribution in [1.82, 2.24) is 5.32 Å². The molecule has 0 radical (unpaired) electrons. The molecule has 1 N–H and O–H groups in total. The van der Waals surface area contributed by atoms with Crippen molar-refractivity contribution in [3.05, 3.63) is 108 Å². The molecule has 0 bridgehead atoms. The Morgan fingerprint density at radius 1 is 0.741 bits per heavy atom. The molecule has 1 amide bonds. The van der Waals surface area contributed by atoms with Crippen LogP contribution in [0, 0.1) is 0 Å². The third-order valence-electron chi connectivity index (χ3n) is 4.13. The zero-order valence-corrected chi connectivity index (χ0v) is 15.7. The lowest BCUT2D eigenvalue weighted by Crippen LogP contribution is -2.41. The van der Waals surface area contributed by atoms with E-state index in [4.69, 9.17) is 0 Å². The van der Waals surface area contributed by atoms with E-state index in [0.717, 1.165) is 11.1 Å². The molecule has 0 heterocycles. The first kappa shape index (κ1) is 18.9. The standard InChI is InChI=1S/C23H21NO2S/c25-22(20-14-8-3-9-15-20)24-21(16-18-10-4-1-5-11-18)23(26)27-17-19-12-6-2-7-13-19/h1-15,21H,16-17H2,(H,24,25)/t21-/m0/s1. The van der Waals surface area contributed by atoms with Crippen LogP contribution >= 0.6 is 11.8 Å². The quantitative estimate of drug-likeness (QED) is 0.662. The van der Waals surface area contributed by atoms with Crippen LogP contribution < -0.4 is 5.32 Å². The van der Waals surface area contributed by atoms with E-state index in [2.05, 4.69) is 5.32 Å². The van der Waals surface area contributed by atoms with Crippen molar-refractivity contribution >= 4 is 22.8 Å². The van der Waals surface area contributed by atoms with Gasteiger partial charge in [0.15, 0.2) is 0 Å². The van der Waals surface area contributed by atoms with E-state index >= 15 is 0 Å². The van der Waals surface area contributed by atoms with Crippen LogP contribution in [-0.2, 0) is 17.0 Å². The van der Waals surface area contributed by atoms with Gasteiger partial charge in [-0.05, 0) is 23.3 Å². The molecule has 136 valence electrons. The molecule has 0 unspecified atom stereocenters. The summed E-state index contributed by atoms with van der Waals surface area (Å²) in [4.78, 5) is 25.4. The van der Waals surface area contributed by atoms with Gasteiger partial charge in [-0.15, -0.1) is 0 Å². The second-order valence-corrected chi connectivity index (χ2v) is 7.15. The highest BCUT2D eigenvalue weighted by molar-refractivity contribution is 8.13. The third kappa shape index (κ3) is 5.83. The predicted octanol–water partition coefficient (Wildman–Crippen LogP) is 4.49. The summed E-state index contributed by atoms with van der Waals surface area (Å²) in [6, 6.07) is 28.0. The van der Waals surface area contributed by atoms with Gasteiger partial charge in [0, 0.05) is 17.7 Å². The largest absolute Gasteiger partial charge is 0.341 e. The minimum Gasteiger partial charge on any atom is -0.341 e.